The molecule has 108 valence electrons. The normalized spacial score (nSPS) is 11.3. The lowest BCUT2D eigenvalue weighted by atomic mass is 10.1. The quantitative estimate of drug-likeness (QED) is 0.717. The first kappa shape index (κ1) is 15.5. The van der Waals surface area contributed by atoms with E-state index in [-0.39, 0.29) is 12.5 Å². The van der Waals surface area contributed by atoms with Crippen molar-refractivity contribution in [2.24, 2.45) is 0 Å². The van der Waals surface area contributed by atoms with Crippen LogP contribution >= 0.6 is 0 Å². The van der Waals surface area contributed by atoms with Gasteiger partial charge in [0.05, 0.1) is 0 Å². The van der Waals surface area contributed by atoms with E-state index in [1.807, 2.05) is 0 Å². The topological polar surface area (TPSA) is 98.7 Å². The molecule has 0 saturated carbocycles. The fourth-order valence-electron chi connectivity index (χ4n) is 1.53. The Morgan fingerprint density at radius 1 is 1.25 bits per heavy atom. The third-order valence-electron chi connectivity index (χ3n) is 2.65. The molecule has 7 heteroatoms. The Balaban J connectivity index is 2.74. The van der Waals surface area contributed by atoms with Crippen molar-refractivity contribution in [2.75, 3.05) is 20.6 Å². The first-order valence-electron chi connectivity index (χ1n) is 5.95. The van der Waals surface area contributed by atoms with Gasteiger partial charge in [-0.15, -0.1) is 0 Å². The highest BCUT2D eigenvalue weighted by Crippen LogP contribution is 2.12. The highest BCUT2D eigenvalue weighted by atomic mass is 16.4. The average Bonchev–Trinajstić information content (AvgIpc) is 2.44. The molecule has 1 unspecified atom stereocenters. The second kappa shape index (κ2) is 7.13. The van der Waals surface area contributed by atoms with E-state index in [1.165, 1.54) is 14.1 Å². The van der Waals surface area contributed by atoms with Gasteiger partial charge in [0, 0.05) is 14.1 Å². The largest absolute Gasteiger partial charge is 0.479 e. The predicted molar refractivity (Wildman–Crippen MR) is 72.0 cm³/mol. The second-order valence-corrected chi connectivity index (χ2v) is 4.16. The van der Waals surface area contributed by atoms with Gasteiger partial charge in [0.25, 0.3) is 0 Å². The van der Waals surface area contributed by atoms with Gasteiger partial charge in [0.2, 0.25) is 5.91 Å². The summed E-state index contributed by atoms with van der Waals surface area (Å²) in [5, 5.41) is 13.9. The van der Waals surface area contributed by atoms with Crippen LogP contribution in [0.4, 0.5) is 4.79 Å². The summed E-state index contributed by atoms with van der Waals surface area (Å²) >= 11 is 0. The van der Waals surface area contributed by atoms with Gasteiger partial charge in [0.1, 0.15) is 6.54 Å². The Morgan fingerprint density at radius 3 is 2.35 bits per heavy atom. The number of benzene rings is 1. The molecule has 0 bridgehead atoms. The lowest BCUT2D eigenvalue weighted by Crippen LogP contribution is -2.45. The molecule has 0 aromatic heterocycles. The van der Waals surface area contributed by atoms with E-state index in [1.54, 1.807) is 30.3 Å². The van der Waals surface area contributed by atoms with Crippen LogP contribution in [-0.4, -0.2) is 48.6 Å². The molecule has 1 rings (SSSR count). The summed E-state index contributed by atoms with van der Waals surface area (Å²) in [6.45, 7) is -0.149. The number of likely N-dealkylation sites (N-methyl/N-ethyl adjacent to an activating group) is 2. The SMILES string of the molecule is CNC(=O)CN(C)C(=O)NC(C(=O)O)c1ccccc1. The van der Waals surface area contributed by atoms with E-state index in [2.05, 4.69) is 10.6 Å². The van der Waals surface area contributed by atoms with Gasteiger partial charge in [-0.2, -0.15) is 0 Å². The van der Waals surface area contributed by atoms with Gasteiger partial charge in [-0.05, 0) is 5.56 Å². The summed E-state index contributed by atoms with van der Waals surface area (Å²) in [6, 6.07) is 6.55. The molecule has 1 aromatic rings. The van der Waals surface area contributed by atoms with E-state index < -0.39 is 18.0 Å². The monoisotopic (exact) mass is 279 g/mol. The zero-order valence-corrected chi connectivity index (χ0v) is 11.3. The van der Waals surface area contributed by atoms with Crippen LogP contribution < -0.4 is 10.6 Å². The molecule has 0 heterocycles. The van der Waals surface area contributed by atoms with Crippen molar-refractivity contribution in [3.8, 4) is 0 Å². The molecule has 7 nitrogen and oxygen atoms in total. The highest BCUT2D eigenvalue weighted by molar-refractivity contribution is 5.86. The molecule has 0 fully saturated rings. The molecule has 20 heavy (non-hydrogen) atoms. The maximum Gasteiger partial charge on any atom is 0.330 e. The van der Waals surface area contributed by atoms with Crippen LogP contribution in [0.25, 0.3) is 0 Å². The molecule has 0 aliphatic carbocycles. The lowest BCUT2D eigenvalue weighted by Gasteiger charge is -2.21. The Morgan fingerprint density at radius 2 is 1.85 bits per heavy atom. The minimum absolute atomic E-state index is 0.149. The van der Waals surface area contributed by atoms with E-state index >= 15 is 0 Å². The average molecular weight is 279 g/mol. The number of rotatable bonds is 5. The summed E-state index contributed by atoms with van der Waals surface area (Å²) in [5.74, 6) is -1.51. The summed E-state index contributed by atoms with van der Waals surface area (Å²) < 4.78 is 0. The molecule has 0 radical (unpaired) electrons. The maximum absolute atomic E-state index is 11.9. The van der Waals surface area contributed by atoms with Crippen molar-refractivity contribution in [3.05, 3.63) is 35.9 Å². The summed E-state index contributed by atoms with van der Waals surface area (Å²) in [5.41, 5.74) is 0.460. The predicted octanol–water partition coefficient (Wildman–Crippen LogP) is 0.200. The summed E-state index contributed by atoms with van der Waals surface area (Å²) in [6.07, 6.45) is 0. The molecule has 3 amide bonds. The molecule has 0 saturated heterocycles. The highest BCUT2D eigenvalue weighted by Gasteiger charge is 2.23. The van der Waals surface area contributed by atoms with Crippen LogP contribution in [-0.2, 0) is 9.59 Å². The fraction of sp³-hybridized carbons (Fsp3) is 0.308. The van der Waals surface area contributed by atoms with Gasteiger partial charge in [-0.1, -0.05) is 30.3 Å². The number of carboxylic acids is 1. The number of aliphatic carboxylic acids is 1. The molecule has 0 spiro atoms. The van der Waals surface area contributed by atoms with Crippen LogP contribution in [0.15, 0.2) is 30.3 Å². The zero-order chi connectivity index (χ0) is 15.1. The van der Waals surface area contributed by atoms with Crippen LogP contribution in [0, 0.1) is 0 Å². The van der Waals surface area contributed by atoms with E-state index in [9.17, 15) is 19.5 Å². The van der Waals surface area contributed by atoms with Gasteiger partial charge >= 0.3 is 12.0 Å². The Bertz CT molecular complexity index is 490. The Labute approximate surface area is 116 Å². The minimum atomic E-state index is -1.17. The number of amides is 3. The zero-order valence-electron chi connectivity index (χ0n) is 11.3. The van der Waals surface area contributed by atoms with Crippen molar-refractivity contribution in [2.45, 2.75) is 6.04 Å². The van der Waals surface area contributed by atoms with E-state index in [4.69, 9.17) is 0 Å². The third kappa shape index (κ3) is 4.27. The van der Waals surface area contributed by atoms with Crippen molar-refractivity contribution >= 4 is 17.9 Å². The number of carbonyl (C=O) groups excluding carboxylic acids is 2. The van der Waals surface area contributed by atoms with Gasteiger partial charge in [-0.3, -0.25) is 4.79 Å². The molecule has 3 N–H and O–H groups in total. The number of nitrogens with one attached hydrogen (secondary N) is 2. The molecule has 1 atom stereocenters. The van der Waals surface area contributed by atoms with Crippen LogP contribution in [0.5, 0.6) is 0 Å². The van der Waals surface area contributed by atoms with Crippen LogP contribution in [0.3, 0.4) is 0 Å². The third-order valence-corrected chi connectivity index (χ3v) is 2.65. The lowest BCUT2D eigenvalue weighted by molar-refractivity contribution is -0.139. The number of nitrogens with zero attached hydrogens (tertiary/aromatic N) is 1. The van der Waals surface area contributed by atoms with Crippen molar-refractivity contribution in [3.63, 3.8) is 0 Å². The fourth-order valence-corrected chi connectivity index (χ4v) is 1.53. The molecule has 0 aliphatic rings. The number of hydrogen-bond donors (Lipinski definition) is 3. The van der Waals surface area contributed by atoms with Crippen molar-refractivity contribution in [1.29, 1.82) is 0 Å². The molecular weight excluding hydrogens is 262 g/mol. The van der Waals surface area contributed by atoms with Gasteiger partial charge < -0.3 is 20.6 Å². The Hall–Kier alpha value is -2.57. The van der Waals surface area contributed by atoms with Crippen LogP contribution in [0.1, 0.15) is 11.6 Å². The maximum atomic E-state index is 11.9. The van der Waals surface area contributed by atoms with E-state index in [0.717, 1.165) is 4.90 Å². The Kier molecular flexibility index (Phi) is 5.52. The summed E-state index contributed by atoms with van der Waals surface area (Å²) in [4.78, 5) is 35.4. The smallest absolute Gasteiger partial charge is 0.330 e. The van der Waals surface area contributed by atoms with Gasteiger partial charge in [-0.25, -0.2) is 9.59 Å². The first-order valence-corrected chi connectivity index (χ1v) is 5.95. The van der Waals surface area contributed by atoms with Crippen molar-refractivity contribution < 1.29 is 19.5 Å². The second-order valence-electron chi connectivity index (χ2n) is 4.16. The standard InChI is InChI=1S/C13H17N3O4/c1-14-10(17)8-16(2)13(20)15-11(12(18)19)9-6-4-3-5-7-9/h3-7,11H,8H2,1-2H3,(H,14,17)(H,15,20)(H,18,19). The number of urea groups is 1. The number of carboxylic acid groups (broad SMARTS) is 1. The van der Waals surface area contributed by atoms with E-state index in [0.29, 0.717) is 5.56 Å². The summed E-state index contributed by atoms with van der Waals surface area (Å²) in [7, 11) is 2.87. The minimum Gasteiger partial charge on any atom is -0.479 e. The molecule has 0 aliphatic heterocycles. The molecule has 1 aromatic carbocycles. The van der Waals surface area contributed by atoms with Crippen molar-refractivity contribution in [1.82, 2.24) is 15.5 Å². The number of carbonyl (C=O) groups is 3. The molecular formula is C13H17N3O4. The van der Waals surface area contributed by atoms with Gasteiger partial charge in [0.15, 0.2) is 6.04 Å². The van der Waals surface area contributed by atoms with Crippen LogP contribution in [0.2, 0.25) is 0 Å². The number of hydrogen-bond acceptors (Lipinski definition) is 3. The first-order chi connectivity index (χ1) is 9.45.